The van der Waals surface area contributed by atoms with Gasteiger partial charge in [-0.15, -0.1) is 0 Å². The third-order valence-corrected chi connectivity index (χ3v) is 3.50. The van der Waals surface area contributed by atoms with Crippen LogP contribution in [0.2, 0.25) is 0 Å². The van der Waals surface area contributed by atoms with E-state index in [0.29, 0.717) is 0 Å². The lowest BCUT2D eigenvalue weighted by Crippen LogP contribution is -2.38. The second-order valence-corrected chi connectivity index (χ2v) is 4.71. The predicted octanol–water partition coefficient (Wildman–Crippen LogP) is 1.35. The quantitative estimate of drug-likeness (QED) is 0.821. The summed E-state index contributed by atoms with van der Waals surface area (Å²) in [5.41, 5.74) is 0.984. The number of benzene rings is 1. The summed E-state index contributed by atoms with van der Waals surface area (Å²) >= 11 is 0. The molecule has 0 saturated carbocycles. The van der Waals surface area contributed by atoms with Crippen LogP contribution in [-0.2, 0) is 4.74 Å². The van der Waals surface area contributed by atoms with Crippen molar-refractivity contribution in [3.8, 4) is 17.6 Å². The maximum absolute atomic E-state index is 9.38. The smallest absolute Gasteiger partial charge is 0.231 e. The minimum atomic E-state index is -0.146. The molecule has 0 aliphatic carbocycles. The van der Waals surface area contributed by atoms with E-state index < -0.39 is 0 Å². The van der Waals surface area contributed by atoms with Crippen LogP contribution in [0.15, 0.2) is 18.2 Å². The molecule has 1 saturated heterocycles. The molecule has 3 rings (SSSR count). The summed E-state index contributed by atoms with van der Waals surface area (Å²) in [4.78, 5) is 2.27. The lowest BCUT2D eigenvalue weighted by atomic mass is 9.99. The first-order valence-electron chi connectivity index (χ1n) is 6.46. The van der Waals surface area contributed by atoms with E-state index in [1.807, 2.05) is 18.2 Å². The van der Waals surface area contributed by atoms with E-state index >= 15 is 0 Å². The molecule has 0 bridgehead atoms. The van der Waals surface area contributed by atoms with Crippen LogP contribution in [0.3, 0.4) is 0 Å². The Labute approximate surface area is 112 Å². The van der Waals surface area contributed by atoms with Crippen LogP contribution >= 0.6 is 0 Å². The summed E-state index contributed by atoms with van der Waals surface area (Å²) in [6, 6.07) is 8.11. The largest absolute Gasteiger partial charge is 0.454 e. The normalized spacial score (nSPS) is 19.9. The van der Waals surface area contributed by atoms with Gasteiger partial charge in [0.05, 0.1) is 25.2 Å². The highest BCUT2D eigenvalue weighted by Crippen LogP contribution is 2.34. The summed E-state index contributed by atoms with van der Waals surface area (Å²) in [7, 11) is 0. The first-order valence-corrected chi connectivity index (χ1v) is 6.46. The molecule has 1 fully saturated rings. The monoisotopic (exact) mass is 260 g/mol. The fraction of sp³-hybridized carbons (Fsp3) is 0.500. The second-order valence-electron chi connectivity index (χ2n) is 4.71. The summed E-state index contributed by atoms with van der Waals surface area (Å²) in [6.45, 7) is 4.28. The number of nitrogens with zero attached hydrogens (tertiary/aromatic N) is 2. The van der Waals surface area contributed by atoms with Gasteiger partial charge >= 0.3 is 0 Å². The van der Waals surface area contributed by atoms with Gasteiger partial charge in [-0.05, 0) is 17.7 Å². The number of fused-ring (bicyclic) bond motifs is 1. The lowest BCUT2D eigenvalue weighted by molar-refractivity contribution is 0.0370. The highest BCUT2D eigenvalue weighted by molar-refractivity contribution is 5.46. The highest BCUT2D eigenvalue weighted by Gasteiger charge is 2.21. The second kappa shape index (κ2) is 5.47. The van der Waals surface area contributed by atoms with Crippen molar-refractivity contribution in [2.45, 2.75) is 5.92 Å². The van der Waals surface area contributed by atoms with Crippen molar-refractivity contribution in [3.63, 3.8) is 0 Å². The van der Waals surface area contributed by atoms with E-state index in [0.717, 1.165) is 49.9 Å². The third kappa shape index (κ3) is 2.65. The number of morpholine rings is 1. The maximum Gasteiger partial charge on any atom is 0.231 e. The van der Waals surface area contributed by atoms with Gasteiger partial charge in [-0.2, -0.15) is 5.26 Å². The Balaban J connectivity index is 1.73. The zero-order chi connectivity index (χ0) is 13.1. The first kappa shape index (κ1) is 12.3. The van der Waals surface area contributed by atoms with Crippen LogP contribution in [0.1, 0.15) is 11.5 Å². The van der Waals surface area contributed by atoms with Gasteiger partial charge in [0.25, 0.3) is 0 Å². The molecule has 100 valence electrons. The Kier molecular flexibility index (Phi) is 3.53. The molecule has 5 heteroatoms. The van der Waals surface area contributed by atoms with Crippen LogP contribution < -0.4 is 9.47 Å². The predicted molar refractivity (Wildman–Crippen MR) is 68.2 cm³/mol. The molecular formula is C14H16N2O3. The van der Waals surface area contributed by atoms with Gasteiger partial charge in [0.1, 0.15) is 0 Å². The highest BCUT2D eigenvalue weighted by atomic mass is 16.7. The fourth-order valence-corrected chi connectivity index (χ4v) is 2.39. The summed E-state index contributed by atoms with van der Waals surface area (Å²) < 4.78 is 16.0. The van der Waals surface area contributed by atoms with Gasteiger partial charge in [0, 0.05) is 19.6 Å². The number of nitriles is 1. The van der Waals surface area contributed by atoms with Gasteiger partial charge in [-0.1, -0.05) is 6.07 Å². The van der Waals surface area contributed by atoms with Gasteiger partial charge in [-0.3, -0.25) is 4.90 Å². The van der Waals surface area contributed by atoms with Crippen LogP contribution in [0.5, 0.6) is 11.5 Å². The molecule has 0 radical (unpaired) electrons. The van der Waals surface area contributed by atoms with E-state index in [-0.39, 0.29) is 12.7 Å². The molecule has 1 atom stereocenters. The molecule has 2 heterocycles. The van der Waals surface area contributed by atoms with Crippen molar-refractivity contribution >= 4 is 0 Å². The van der Waals surface area contributed by atoms with Gasteiger partial charge < -0.3 is 14.2 Å². The first-order chi connectivity index (χ1) is 9.36. The van der Waals surface area contributed by atoms with Crippen LogP contribution in [0.4, 0.5) is 0 Å². The average Bonchev–Trinajstić information content (AvgIpc) is 2.93. The molecule has 5 nitrogen and oxygen atoms in total. The van der Waals surface area contributed by atoms with E-state index in [1.165, 1.54) is 0 Å². The Bertz CT molecular complexity index is 492. The molecule has 2 aliphatic rings. The third-order valence-electron chi connectivity index (χ3n) is 3.50. The molecule has 0 N–H and O–H groups in total. The number of rotatable bonds is 3. The number of ether oxygens (including phenoxy) is 3. The molecule has 0 spiro atoms. The zero-order valence-electron chi connectivity index (χ0n) is 10.7. The molecule has 1 aromatic carbocycles. The van der Waals surface area contributed by atoms with Gasteiger partial charge in [0.15, 0.2) is 11.5 Å². The van der Waals surface area contributed by atoms with Gasteiger partial charge in [0.2, 0.25) is 6.79 Å². The van der Waals surface area contributed by atoms with Crippen molar-refractivity contribution in [1.82, 2.24) is 4.90 Å². The Morgan fingerprint density at radius 2 is 2.00 bits per heavy atom. The summed E-state index contributed by atoms with van der Waals surface area (Å²) in [5, 5.41) is 9.38. The molecular weight excluding hydrogens is 244 g/mol. The maximum atomic E-state index is 9.38. The number of hydrogen-bond acceptors (Lipinski definition) is 5. The van der Waals surface area contributed by atoms with E-state index in [1.54, 1.807) is 0 Å². The Hall–Kier alpha value is -1.77. The lowest BCUT2D eigenvalue weighted by Gasteiger charge is -2.28. The van der Waals surface area contributed by atoms with Crippen LogP contribution in [0.25, 0.3) is 0 Å². The standard InChI is InChI=1S/C14H16N2O3/c15-8-12(9-16-3-5-17-6-4-16)11-1-2-13-14(7-11)19-10-18-13/h1-2,7,12H,3-6,9-10H2. The molecule has 1 unspecified atom stereocenters. The molecule has 0 amide bonds. The zero-order valence-corrected chi connectivity index (χ0v) is 10.7. The minimum absolute atomic E-state index is 0.146. The van der Waals surface area contributed by atoms with Crippen molar-refractivity contribution in [2.75, 3.05) is 39.6 Å². The molecule has 0 aromatic heterocycles. The Morgan fingerprint density at radius 3 is 2.79 bits per heavy atom. The average molecular weight is 260 g/mol. The van der Waals surface area contributed by atoms with Crippen molar-refractivity contribution in [2.24, 2.45) is 0 Å². The summed E-state index contributed by atoms with van der Waals surface area (Å²) in [6.07, 6.45) is 0. The van der Waals surface area contributed by atoms with Gasteiger partial charge in [-0.25, -0.2) is 0 Å². The molecule has 19 heavy (non-hydrogen) atoms. The van der Waals surface area contributed by atoms with Crippen LogP contribution in [-0.4, -0.2) is 44.5 Å². The van der Waals surface area contributed by atoms with E-state index in [9.17, 15) is 5.26 Å². The minimum Gasteiger partial charge on any atom is -0.454 e. The van der Waals surface area contributed by atoms with E-state index in [4.69, 9.17) is 14.2 Å². The molecule has 2 aliphatic heterocycles. The molecule has 1 aromatic rings. The topological polar surface area (TPSA) is 54.7 Å². The fourth-order valence-electron chi connectivity index (χ4n) is 2.39. The Morgan fingerprint density at radius 1 is 1.21 bits per heavy atom. The van der Waals surface area contributed by atoms with Crippen molar-refractivity contribution in [3.05, 3.63) is 23.8 Å². The van der Waals surface area contributed by atoms with Crippen molar-refractivity contribution in [1.29, 1.82) is 5.26 Å². The SMILES string of the molecule is N#CC(CN1CCOCC1)c1ccc2c(c1)OCO2. The number of hydrogen-bond donors (Lipinski definition) is 0. The summed E-state index contributed by atoms with van der Waals surface area (Å²) in [5.74, 6) is 1.35. The van der Waals surface area contributed by atoms with Crippen LogP contribution in [0, 0.1) is 11.3 Å². The van der Waals surface area contributed by atoms with E-state index in [2.05, 4.69) is 11.0 Å². The van der Waals surface area contributed by atoms with Crippen molar-refractivity contribution < 1.29 is 14.2 Å².